The molecule has 0 spiro atoms. The minimum absolute atomic E-state index is 0.0112. The van der Waals surface area contributed by atoms with Crippen LogP contribution < -0.4 is 10.8 Å². The highest BCUT2D eigenvalue weighted by molar-refractivity contribution is 6.21. The van der Waals surface area contributed by atoms with Gasteiger partial charge in [0.15, 0.2) is 0 Å². The van der Waals surface area contributed by atoms with Crippen LogP contribution in [0.2, 0.25) is 0 Å². The number of hydrogen-bond donors (Lipinski definition) is 4. The Morgan fingerprint density at radius 3 is 1.68 bits per heavy atom. The van der Waals surface area contributed by atoms with Crippen LogP contribution >= 0.6 is 11.6 Å². The second kappa shape index (κ2) is 28.1. The lowest BCUT2D eigenvalue weighted by atomic mass is 9.63. The summed E-state index contributed by atoms with van der Waals surface area (Å²) in [7, 11) is 0. The number of carbonyl (C=O) groups is 2. The normalized spacial score (nSPS) is 46.5. The van der Waals surface area contributed by atoms with E-state index in [4.69, 9.17) is 36.9 Å². The van der Waals surface area contributed by atoms with Crippen LogP contribution in [-0.2, 0) is 14.4 Å². The average molecular weight is 1140 g/mol. The lowest BCUT2D eigenvalue weighted by Crippen LogP contribution is -2.54. The highest BCUT2D eigenvalue weighted by Crippen LogP contribution is 2.54. The fourth-order valence-electron chi connectivity index (χ4n) is 21.0. The van der Waals surface area contributed by atoms with Gasteiger partial charge in [-0.05, 0) is 220 Å². The van der Waals surface area contributed by atoms with Crippen molar-refractivity contribution < 1.29 is 24.6 Å². The maximum atomic E-state index is 14.5. The number of fused-ring (bicyclic) bond motifs is 5. The molecule has 12 aliphatic carbocycles. The molecule has 18 atom stereocenters. The van der Waals surface area contributed by atoms with Gasteiger partial charge in [0, 0.05) is 48.0 Å². The monoisotopic (exact) mass is 1140 g/mol. The first kappa shape index (κ1) is 59.7. The van der Waals surface area contributed by atoms with Crippen molar-refractivity contribution >= 4 is 23.3 Å². The molecule has 12 saturated carbocycles. The summed E-state index contributed by atoms with van der Waals surface area (Å²) in [6.07, 6.45) is 45.3. The molecule has 12 rings (SSSR count). The van der Waals surface area contributed by atoms with Crippen molar-refractivity contribution in [3.05, 3.63) is 0 Å². The summed E-state index contributed by atoms with van der Waals surface area (Å²) in [5, 5.41) is 47.9. The van der Waals surface area contributed by atoms with Crippen molar-refractivity contribution in [2.45, 2.75) is 329 Å². The molecule has 12 fully saturated rings. The molecule has 0 aromatic heterocycles. The van der Waals surface area contributed by atoms with E-state index in [0.717, 1.165) is 139 Å². The van der Waals surface area contributed by atoms with Gasteiger partial charge >= 0.3 is 0 Å². The lowest BCUT2D eigenvalue weighted by Gasteiger charge is -2.49. The number of halogens is 1. The molecule has 18 unspecified atom stereocenters. The van der Waals surface area contributed by atoms with Gasteiger partial charge in [0.25, 0.3) is 0 Å². The minimum Gasteiger partial charge on any atom is -0.390 e. The van der Waals surface area contributed by atoms with Gasteiger partial charge in [-0.3, -0.25) is 14.5 Å². The van der Waals surface area contributed by atoms with Crippen LogP contribution in [0.5, 0.6) is 0 Å². The van der Waals surface area contributed by atoms with E-state index in [1.54, 1.807) is 0 Å². The van der Waals surface area contributed by atoms with E-state index < -0.39 is 18.1 Å². The number of aliphatic hydroxyl groups is 2. The molecule has 456 valence electrons. The summed E-state index contributed by atoms with van der Waals surface area (Å²) >= 11 is 6.62. The molecule has 0 aromatic carbocycles. The van der Waals surface area contributed by atoms with Crippen LogP contribution in [0.4, 0.5) is 0 Å². The SMILES string of the molecule is CC1CCC(N(C2CCCCC2)C2CCC(CCC3CCC(NC(=O)C4CC5CCCCC5C(N=NC5CCC6C(C5)C(=O)C5CC(N=NC7C(O)C(CONC8CCCCC8Cl)CC8CCCCC87)CCC56)C4O)CC3)CC2)CC1. The number of Topliss-reactive ketones (excluding diaryl/α,β-unsaturated/α-hetero) is 1. The number of amides is 1. The molecule has 0 heterocycles. The van der Waals surface area contributed by atoms with E-state index in [-0.39, 0.29) is 71.2 Å². The summed E-state index contributed by atoms with van der Waals surface area (Å²) in [6, 6.07) is 2.32. The first-order valence-electron chi connectivity index (χ1n) is 35.4. The first-order chi connectivity index (χ1) is 39.6. The molecular weight excluding hydrogens is 1030 g/mol. The van der Waals surface area contributed by atoms with Crippen LogP contribution in [0.1, 0.15) is 257 Å². The van der Waals surface area contributed by atoms with Crippen molar-refractivity contribution in [3.8, 4) is 0 Å². The third kappa shape index (κ3) is 14.1. The summed E-state index contributed by atoms with van der Waals surface area (Å²) < 4.78 is 0. The number of aliphatic hydroxyl groups excluding tert-OH is 2. The Bertz CT molecular complexity index is 2070. The number of alkyl halides is 1. The standard InChI is InChI=1S/C68H112ClN7O5/c1-42-19-31-52(32-20-42)76(51-13-3-2-4-14-51)53-33-25-44(26-34-53)22-21-43-23-27-48(28-24-43)70-68(80)60-38-46-12-6-8-16-55(46)64(67(60)79)74-72-50-30-36-57-56-35-29-49(39-58(56)66(78)59(57)40-50)71-73-63-54-15-7-5-11-45(54)37-47(65(63)77)41-81-75-62-18-10-9-17-61(62)69/h42-65,67,75,77,79H,2-41H2,1H3,(H,70,80). The van der Waals surface area contributed by atoms with Crippen LogP contribution in [0.15, 0.2) is 20.5 Å². The average Bonchev–Trinajstić information content (AvgIpc) is 3.79. The maximum absolute atomic E-state index is 14.5. The molecule has 81 heavy (non-hydrogen) atoms. The molecule has 0 bridgehead atoms. The number of hydroxylamine groups is 1. The number of carbonyl (C=O) groups excluding carboxylic acids is 2. The molecule has 0 aliphatic heterocycles. The number of ketones is 1. The van der Waals surface area contributed by atoms with Crippen LogP contribution in [-0.4, -0.2) is 105 Å². The largest absolute Gasteiger partial charge is 0.390 e. The fourth-order valence-corrected chi connectivity index (χ4v) is 21.3. The van der Waals surface area contributed by atoms with Crippen molar-refractivity contribution in [2.75, 3.05) is 6.61 Å². The van der Waals surface area contributed by atoms with E-state index in [0.29, 0.717) is 42.0 Å². The van der Waals surface area contributed by atoms with Crippen molar-refractivity contribution in [2.24, 2.45) is 97.4 Å². The lowest BCUT2D eigenvalue weighted by molar-refractivity contribution is -0.135. The third-order valence-corrected chi connectivity index (χ3v) is 26.2. The molecular formula is C68H112ClN7O5. The quantitative estimate of drug-likeness (QED) is 0.0680. The Labute approximate surface area is 494 Å². The second-order valence-electron chi connectivity index (χ2n) is 30.5. The Morgan fingerprint density at radius 2 is 1.06 bits per heavy atom. The Hall–Kier alpha value is -1.57. The number of nitrogens with one attached hydrogen (secondary N) is 2. The van der Waals surface area contributed by atoms with Crippen molar-refractivity contribution in [3.63, 3.8) is 0 Å². The molecule has 13 heteroatoms. The van der Waals surface area contributed by atoms with E-state index in [9.17, 15) is 19.8 Å². The van der Waals surface area contributed by atoms with Gasteiger partial charge in [-0.25, -0.2) is 0 Å². The second-order valence-corrected chi connectivity index (χ2v) is 31.1. The number of azo groups is 2. The van der Waals surface area contributed by atoms with Gasteiger partial charge in [-0.1, -0.05) is 90.4 Å². The number of hydrogen-bond acceptors (Lipinski definition) is 11. The Balaban J connectivity index is 0.596. The van der Waals surface area contributed by atoms with Crippen LogP contribution in [0.25, 0.3) is 0 Å². The van der Waals surface area contributed by atoms with E-state index >= 15 is 0 Å². The van der Waals surface area contributed by atoms with Gasteiger partial charge < -0.3 is 20.4 Å². The molecule has 1 amide bonds. The molecule has 0 radical (unpaired) electrons. The van der Waals surface area contributed by atoms with E-state index in [1.807, 2.05) is 0 Å². The summed E-state index contributed by atoms with van der Waals surface area (Å²) in [5.41, 5.74) is 3.27. The van der Waals surface area contributed by atoms with Crippen LogP contribution in [0.3, 0.4) is 0 Å². The molecule has 0 aromatic rings. The fraction of sp³-hybridized carbons (Fsp3) is 0.971. The highest BCUT2D eigenvalue weighted by atomic mass is 35.5. The predicted molar refractivity (Wildman–Crippen MR) is 321 cm³/mol. The predicted octanol–water partition coefficient (Wildman–Crippen LogP) is 14.5. The van der Waals surface area contributed by atoms with E-state index in [2.05, 4.69) is 22.6 Å². The Kier molecular flexibility index (Phi) is 20.7. The zero-order chi connectivity index (χ0) is 55.4. The van der Waals surface area contributed by atoms with Gasteiger partial charge in [0.1, 0.15) is 17.9 Å². The Morgan fingerprint density at radius 1 is 0.543 bits per heavy atom. The summed E-state index contributed by atoms with van der Waals surface area (Å²) in [4.78, 5) is 38.0. The van der Waals surface area contributed by atoms with E-state index in [1.165, 1.54) is 148 Å². The first-order valence-corrected chi connectivity index (χ1v) is 35.8. The van der Waals surface area contributed by atoms with Gasteiger partial charge in [0.2, 0.25) is 5.91 Å². The zero-order valence-corrected chi connectivity index (χ0v) is 51.2. The van der Waals surface area contributed by atoms with Gasteiger partial charge in [0.05, 0.1) is 42.2 Å². The van der Waals surface area contributed by atoms with Gasteiger partial charge in [-0.2, -0.15) is 25.9 Å². The summed E-state index contributed by atoms with van der Waals surface area (Å²) in [6.45, 7) is 2.93. The summed E-state index contributed by atoms with van der Waals surface area (Å²) in [5.74, 6) is 5.02. The molecule has 12 nitrogen and oxygen atoms in total. The molecule has 0 saturated heterocycles. The number of rotatable bonds is 16. The highest BCUT2D eigenvalue weighted by Gasteiger charge is 2.55. The van der Waals surface area contributed by atoms with Crippen molar-refractivity contribution in [1.29, 1.82) is 0 Å². The van der Waals surface area contributed by atoms with Gasteiger partial charge in [-0.15, -0.1) is 11.6 Å². The van der Waals surface area contributed by atoms with Crippen molar-refractivity contribution in [1.82, 2.24) is 15.7 Å². The number of nitrogens with zero attached hydrogens (tertiary/aromatic N) is 5. The minimum atomic E-state index is -0.820. The zero-order valence-electron chi connectivity index (χ0n) is 50.5. The van der Waals surface area contributed by atoms with Crippen LogP contribution in [0, 0.1) is 76.9 Å². The molecule has 4 N–H and O–H groups in total. The smallest absolute Gasteiger partial charge is 0.226 e. The topological polar surface area (TPSA) is 161 Å². The maximum Gasteiger partial charge on any atom is 0.226 e. The third-order valence-electron chi connectivity index (χ3n) is 25.7. The molecule has 12 aliphatic rings.